The van der Waals surface area contributed by atoms with E-state index in [1.54, 1.807) is 12.1 Å². The van der Waals surface area contributed by atoms with Crippen molar-refractivity contribution in [2.24, 2.45) is 0 Å². The van der Waals surface area contributed by atoms with Crippen LogP contribution in [-0.2, 0) is 6.54 Å². The largest absolute Gasteiger partial charge is 0.508 e. The first-order valence-electron chi connectivity index (χ1n) is 5.12. The summed E-state index contributed by atoms with van der Waals surface area (Å²) in [5, 5.41) is 12.7. The van der Waals surface area contributed by atoms with Gasteiger partial charge in [0, 0.05) is 15.5 Å². The van der Waals surface area contributed by atoms with Crippen LogP contribution < -0.4 is 5.32 Å². The minimum atomic E-state index is 0.287. The normalized spacial score (nSPS) is 10.2. The van der Waals surface area contributed by atoms with Crippen LogP contribution in [0.1, 0.15) is 5.56 Å². The van der Waals surface area contributed by atoms with E-state index >= 15 is 0 Å². The fraction of sp³-hybridized carbons (Fsp3) is 0.0769. The molecule has 88 valence electrons. The van der Waals surface area contributed by atoms with E-state index < -0.39 is 0 Å². The second-order valence-electron chi connectivity index (χ2n) is 3.62. The number of hydrogen-bond acceptors (Lipinski definition) is 2. The van der Waals surface area contributed by atoms with E-state index in [4.69, 9.17) is 0 Å². The highest BCUT2D eigenvalue weighted by atomic mass is 79.9. The van der Waals surface area contributed by atoms with Gasteiger partial charge in [0.2, 0.25) is 0 Å². The average molecular weight is 357 g/mol. The average Bonchev–Trinajstić information content (AvgIpc) is 2.28. The maximum absolute atomic E-state index is 9.37. The van der Waals surface area contributed by atoms with Gasteiger partial charge in [0.25, 0.3) is 0 Å². The molecule has 2 nitrogen and oxygen atoms in total. The Hall–Kier alpha value is -1.00. The summed E-state index contributed by atoms with van der Waals surface area (Å²) >= 11 is 6.99. The Labute approximate surface area is 117 Å². The lowest BCUT2D eigenvalue weighted by Gasteiger charge is -2.10. The second-order valence-corrected chi connectivity index (χ2v) is 5.33. The number of nitrogens with one attached hydrogen (secondary N) is 1. The van der Waals surface area contributed by atoms with E-state index in [-0.39, 0.29) is 5.75 Å². The fourth-order valence-corrected chi connectivity index (χ4v) is 2.80. The third-order valence-electron chi connectivity index (χ3n) is 2.34. The summed E-state index contributed by atoms with van der Waals surface area (Å²) in [5.41, 5.74) is 2.04. The fourth-order valence-electron chi connectivity index (χ4n) is 1.52. The van der Waals surface area contributed by atoms with E-state index in [0.29, 0.717) is 6.54 Å². The number of phenols is 1. The zero-order valence-electron chi connectivity index (χ0n) is 8.95. The Morgan fingerprint density at radius 1 is 1.00 bits per heavy atom. The molecule has 0 atom stereocenters. The topological polar surface area (TPSA) is 32.3 Å². The van der Waals surface area contributed by atoms with Crippen LogP contribution in [0.5, 0.6) is 5.75 Å². The number of rotatable bonds is 3. The van der Waals surface area contributed by atoms with Gasteiger partial charge in [0.15, 0.2) is 0 Å². The van der Waals surface area contributed by atoms with Crippen LogP contribution >= 0.6 is 31.9 Å². The predicted molar refractivity (Wildman–Crippen MR) is 77.3 cm³/mol. The number of phenolic OH excluding ortho intramolecular Hbond substituents is 1. The van der Waals surface area contributed by atoms with Crippen LogP contribution in [0.4, 0.5) is 5.69 Å². The van der Waals surface area contributed by atoms with E-state index in [2.05, 4.69) is 37.2 Å². The van der Waals surface area contributed by atoms with Gasteiger partial charge in [-0.1, -0.05) is 18.2 Å². The summed E-state index contributed by atoms with van der Waals surface area (Å²) < 4.78 is 2.01. The lowest BCUT2D eigenvalue weighted by Crippen LogP contribution is -2.00. The van der Waals surface area contributed by atoms with Crippen LogP contribution in [0.25, 0.3) is 0 Å². The van der Waals surface area contributed by atoms with Crippen molar-refractivity contribution in [3.05, 3.63) is 57.0 Å². The number of halogens is 2. The molecule has 0 amide bonds. The molecule has 0 heterocycles. The summed E-state index contributed by atoms with van der Waals surface area (Å²) in [7, 11) is 0. The quantitative estimate of drug-likeness (QED) is 0.846. The van der Waals surface area contributed by atoms with E-state index in [9.17, 15) is 5.11 Å². The summed E-state index contributed by atoms with van der Waals surface area (Å²) in [6.07, 6.45) is 0. The number of para-hydroxylation sites is 1. The second kappa shape index (κ2) is 5.56. The predicted octanol–water partition coefficient (Wildman–Crippen LogP) is 4.53. The van der Waals surface area contributed by atoms with Crippen LogP contribution in [0, 0.1) is 0 Å². The number of benzene rings is 2. The molecule has 17 heavy (non-hydrogen) atoms. The summed E-state index contributed by atoms with van der Waals surface area (Å²) in [4.78, 5) is 0. The highest BCUT2D eigenvalue weighted by molar-refractivity contribution is 9.11. The first-order valence-corrected chi connectivity index (χ1v) is 6.71. The summed E-state index contributed by atoms with van der Waals surface area (Å²) in [6, 6.07) is 13.1. The van der Waals surface area contributed by atoms with E-state index in [1.807, 2.05) is 30.3 Å². The standard InChI is InChI=1S/C13H11Br2NO/c14-11-5-2-6-12(15)13(11)16-8-9-3-1-4-10(17)7-9/h1-7,16-17H,8H2. The van der Waals surface area contributed by atoms with Crippen LogP contribution in [0.3, 0.4) is 0 Å². The van der Waals surface area contributed by atoms with Crippen molar-refractivity contribution in [2.75, 3.05) is 5.32 Å². The monoisotopic (exact) mass is 355 g/mol. The molecule has 0 aliphatic rings. The van der Waals surface area contributed by atoms with Gasteiger partial charge in [-0.3, -0.25) is 0 Å². The van der Waals surface area contributed by atoms with Crippen molar-refractivity contribution < 1.29 is 5.11 Å². The molecule has 0 bridgehead atoms. The third-order valence-corrected chi connectivity index (χ3v) is 3.66. The molecule has 2 rings (SSSR count). The van der Waals surface area contributed by atoms with E-state index in [1.165, 1.54) is 0 Å². The summed E-state index contributed by atoms with van der Waals surface area (Å²) in [5.74, 6) is 0.287. The highest BCUT2D eigenvalue weighted by Gasteiger charge is 2.03. The molecule has 2 aromatic carbocycles. The van der Waals surface area contributed by atoms with Gasteiger partial charge in [-0.05, 0) is 61.7 Å². The van der Waals surface area contributed by atoms with Crippen LogP contribution in [-0.4, -0.2) is 5.11 Å². The molecule has 2 aromatic rings. The molecule has 0 spiro atoms. The molecule has 0 fully saturated rings. The molecule has 4 heteroatoms. The SMILES string of the molecule is Oc1cccc(CNc2c(Br)cccc2Br)c1. The van der Waals surface area contributed by atoms with Crippen LogP contribution in [0.15, 0.2) is 51.4 Å². The minimum absolute atomic E-state index is 0.287. The van der Waals surface area contributed by atoms with Crippen molar-refractivity contribution >= 4 is 37.5 Å². The molecular formula is C13H11Br2NO. The molecule has 0 radical (unpaired) electrons. The first kappa shape index (κ1) is 12.5. The van der Waals surface area contributed by atoms with Crippen molar-refractivity contribution in [1.29, 1.82) is 0 Å². The Morgan fingerprint density at radius 3 is 2.29 bits per heavy atom. The van der Waals surface area contributed by atoms with Gasteiger partial charge >= 0.3 is 0 Å². The maximum Gasteiger partial charge on any atom is 0.115 e. The van der Waals surface area contributed by atoms with Crippen molar-refractivity contribution in [3.8, 4) is 5.75 Å². The molecule has 2 N–H and O–H groups in total. The highest BCUT2D eigenvalue weighted by Crippen LogP contribution is 2.30. The van der Waals surface area contributed by atoms with Gasteiger partial charge < -0.3 is 10.4 Å². The van der Waals surface area contributed by atoms with Crippen molar-refractivity contribution in [2.45, 2.75) is 6.54 Å². The van der Waals surface area contributed by atoms with Gasteiger partial charge in [-0.25, -0.2) is 0 Å². The Kier molecular flexibility index (Phi) is 4.07. The molecule has 0 saturated carbocycles. The number of anilines is 1. The van der Waals surface area contributed by atoms with Crippen molar-refractivity contribution in [1.82, 2.24) is 0 Å². The zero-order chi connectivity index (χ0) is 12.3. The number of aromatic hydroxyl groups is 1. The summed E-state index contributed by atoms with van der Waals surface area (Å²) in [6.45, 7) is 0.662. The molecule has 0 aliphatic carbocycles. The Balaban J connectivity index is 2.13. The smallest absolute Gasteiger partial charge is 0.115 e. The first-order chi connectivity index (χ1) is 8.16. The van der Waals surface area contributed by atoms with E-state index in [0.717, 1.165) is 20.2 Å². The lowest BCUT2D eigenvalue weighted by molar-refractivity contribution is 0.474. The third kappa shape index (κ3) is 3.23. The minimum Gasteiger partial charge on any atom is -0.508 e. The van der Waals surface area contributed by atoms with Gasteiger partial charge in [-0.2, -0.15) is 0 Å². The molecular weight excluding hydrogens is 346 g/mol. The molecule has 0 aromatic heterocycles. The Bertz CT molecular complexity index is 508. The Morgan fingerprint density at radius 2 is 1.65 bits per heavy atom. The number of hydrogen-bond donors (Lipinski definition) is 2. The van der Waals surface area contributed by atoms with Crippen molar-refractivity contribution in [3.63, 3.8) is 0 Å². The molecule has 0 aliphatic heterocycles. The van der Waals surface area contributed by atoms with Gasteiger partial charge in [-0.15, -0.1) is 0 Å². The van der Waals surface area contributed by atoms with Crippen LogP contribution in [0.2, 0.25) is 0 Å². The maximum atomic E-state index is 9.37. The lowest BCUT2D eigenvalue weighted by atomic mass is 10.2. The molecule has 0 unspecified atom stereocenters. The van der Waals surface area contributed by atoms with Gasteiger partial charge in [0.1, 0.15) is 5.75 Å². The van der Waals surface area contributed by atoms with Gasteiger partial charge in [0.05, 0.1) is 5.69 Å². The zero-order valence-corrected chi connectivity index (χ0v) is 12.1. The molecule has 0 saturated heterocycles.